The maximum atomic E-state index is 13.1. The van der Waals surface area contributed by atoms with E-state index in [4.69, 9.17) is 28.4 Å². The molecular weight excluding hydrogens is 933 g/mol. The fourth-order valence-corrected chi connectivity index (χ4v) is 9.31. The van der Waals surface area contributed by atoms with Crippen molar-refractivity contribution in [1.82, 2.24) is 0 Å². The molecule has 2 rings (SSSR count). The van der Waals surface area contributed by atoms with E-state index in [-0.39, 0.29) is 25.6 Å². The van der Waals surface area contributed by atoms with E-state index >= 15 is 0 Å². The minimum Gasteiger partial charge on any atom is -0.457 e. The van der Waals surface area contributed by atoms with Crippen LogP contribution in [0.4, 0.5) is 0 Å². The summed E-state index contributed by atoms with van der Waals surface area (Å²) in [6.07, 6.45) is 37.7. The molecule has 2 aliphatic heterocycles. The number of carbonyl (C=O) groups is 1. The number of carbonyl (C=O) groups excluding carboxylic acids is 1. The lowest BCUT2D eigenvalue weighted by Gasteiger charge is -2.42. The van der Waals surface area contributed by atoms with E-state index in [0.717, 1.165) is 51.4 Å². The van der Waals surface area contributed by atoms with Gasteiger partial charge in [-0.1, -0.05) is 192 Å². The van der Waals surface area contributed by atoms with Gasteiger partial charge in [-0.25, -0.2) is 0 Å². The largest absolute Gasteiger partial charge is 0.457 e. The first kappa shape index (κ1) is 67.3. The van der Waals surface area contributed by atoms with Crippen LogP contribution in [0, 0.1) is 0 Å². The molecule has 11 atom stereocenters. The number of ether oxygens (including phenoxy) is 6. The number of hydrogen-bond acceptors (Lipinski definition) is 14. The van der Waals surface area contributed by atoms with Gasteiger partial charge in [0.15, 0.2) is 12.6 Å². The summed E-state index contributed by atoms with van der Waals surface area (Å²) in [5.41, 5.74) is 0. The van der Waals surface area contributed by atoms with E-state index in [1.807, 2.05) is 0 Å². The van der Waals surface area contributed by atoms with Gasteiger partial charge in [-0.2, -0.15) is 0 Å². The first-order valence-electron chi connectivity index (χ1n) is 29.6. The number of esters is 1. The van der Waals surface area contributed by atoms with Gasteiger partial charge in [-0.3, -0.25) is 4.79 Å². The average Bonchev–Trinajstić information content (AvgIpc) is 3.39. The van der Waals surface area contributed by atoms with Crippen LogP contribution in [0.25, 0.3) is 0 Å². The molecular formula is C59H108O14. The van der Waals surface area contributed by atoms with Gasteiger partial charge in [0.2, 0.25) is 0 Å². The second-order valence-corrected chi connectivity index (χ2v) is 20.8. The zero-order valence-electron chi connectivity index (χ0n) is 45.9. The molecule has 0 aliphatic carbocycles. The summed E-state index contributed by atoms with van der Waals surface area (Å²) < 4.78 is 34.4. The fourth-order valence-electron chi connectivity index (χ4n) is 9.31. The number of aliphatic hydroxyl groups is 7. The quantitative estimate of drug-likeness (QED) is 0.0172. The predicted octanol–water partition coefficient (Wildman–Crippen LogP) is 10.5. The third-order valence-electron chi connectivity index (χ3n) is 14.1. The second-order valence-electron chi connectivity index (χ2n) is 20.8. The first-order valence-corrected chi connectivity index (χ1v) is 29.6. The first-order chi connectivity index (χ1) is 35.6. The molecule has 2 heterocycles. The number of aliphatic hydroxyl groups excluding tert-OH is 7. The average molecular weight is 1040 g/mol. The molecule has 0 aromatic carbocycles. The number of rotatable bonds is 48. The summed E-state index contributed by atoms with van der Waals surface area (Å²) in [4.78, 5) is 13.1. The molecule has 428 valence electrons. The van der Waals surface area contributed by atoms with Crippen molar-refractivity contribution >= 4 is 5.97 Å². The molecule has 0 spiro atoms. The van der Waals surface area contributed by atoms with Crippen LogP contribution in [0.15, 0.2) is 36.5 Å². The Kier molecular flexibility index (Phi) is 42.7. The highest BCUT2D eigenvalue weighted by Gasteiger charge is 2.47. The molecule has 73 heavy (non-hydrogen) atoms. The smallest absolute Gasteiger partial charge is 0.306 e. The third-order valence-corrected chi connectivity index (χ3v) is 14.1. The maximum absolute atomic E-state index is 13.1. The Morgan fingerprint density at radius 2 is 0.849 bits per heavy atom. The van der Waals surface area contributed by atoms with Gasteiger partial charge in [-0.15, -0.1) is 0 Å². The standard InChI is InChI=1S/C59H108O14/c1-3-5-7-9-11-13-15-17-19-21-22-23-24-25-26-27-28-30-32-34-36-38-40-42-51(61)71-48(45-68-43-41-39-37-35-33-31-29-20-18-16-14-12-10-8-6-4-2)46-69-58-57(67)55(65)53(63)50(73-58)47-70-59-56(66)54(64)52(62)49(44-60)72-59/h15,17-18,20-22,48-50,52-60,62-67H,3-14,16,19,23-47H2,1-2H3/b17-15-,20-18-,22-21-. The van der Waals surface area contributed by atoms with Gasteiger partial charge in [0.25, 0.3) is 0 Å². The molecule has 0 saturated carbocycles. The summed E-state index contributed by atoms with van der Waals surface area (Å²) in [7, 11) is 0. The van der Waals surface area contributed by atoms with Crippen molar-refractivity contribution in [2.75, 3.05) is 33.0 Å². The normalized spacial score (nSPS) is 25.2. The van der Waals surface area contributed by atoms with Crippen LogP contribution in [0.3, 0.4) is 0 Å². The lowest BCUT2D eigenvalue weighted by atomic mass is 9.98. The minimum absolute atomic E-state index is 0.0583. The molecule has 0 aromatic heterocycles. The third kappa shape index (κ3) is 33.2. The molecule has 0 amide bonds. The number of hydrogen-bond donors (Lipinski definition) is 7. The van der Waals surface area contributed by atoms with Crippen LogP contribution in [0.2, 0.25) is 0 Å². The van der Waals surface area contributed by atoms with Crippen molar-refractivity contribution in [3.8, 4) is 0 Å². The Morgan fingerprint density at radius 3 is 1.33 bits per heavy atom. The van der Waals surface area contributed by atoms with Gasteiger partial charge in [0, 0.05) is 13.0 Å². The lowest BCUT2D eigenvalue weighted by molar-refractivity contribution is -0.332. The monoisotopic (exact) mass is 1040 g/mol. The van der Waals surface area contributed by atoms with Crippen molar-refractivity contribution in [3.05, 3.63) is 36.5 Å². The predicted molar refractivity (Wildman–Crippen MR) is 289 cm³/mol. The van der Waals surface area contributed by atoms with E-state index < -0.39 is 80.7 Å². The molecule has 14 nitrogen and oxygen atoms in total. The van der Waals surface area contributed by atoms with Crippen LogP contribution in [0.1, 0.15) is 232 Å². The molecule has 0 radical (unpaired) electrons. The molecule has 7 N–H and O–H groups in total. The molecule has 2 saturated heterocycles. The summed E-state index contributed by atoms with van der Waals surface area (Å²) in [6, 6.07) is 0. The summed E-state index contributed by atoms with van der Waals surface area (Å²) in [5.74, 6) is -0.378. The second kappa shape index (κ2) is 46.3. The van der Waals surface area contributed by atoms with Crippen LogP contribution in [0.5, 0.6) is 0 Å². The molecule has 11 unspecified atom stereocenters. The van der Waals surface area contributed by atoms with Gasteiger partial charge in [0.05, 0.1) is 26.4 Å². The molecule has 14 heteroatoms. The van der Waals surface area contributed by atoms with Crippen molar-refractivity contribution in [2.45, 2.75) is 300 Å². The highest BCUT2D eigenvalue weighted by molar-refractivity contribution is 5.69. The van der Waals surface area contributed by atoms with Gasteiger partial charge in [-0.05, 0) is 70.6 Å². The number of unbranched alkanes of at least 4 members (excludes halogenated alkanes) is 28. The van der Waals surface area contributed by atoms with Crippen molar-refractivity contribution < 1.29 is 69.0 Å². The molecule has 2 fully saturated rings. The summed E-state index contributed by atoms with van der Waals surface area (Å²) in [5, 5.41) is 72.3. The Balaban J connectivity index is 1.70. The molecule has 2 aliphatic rings. The van der Waals surface area contributed by atoms with Crippen LogP contribution < -0.4 is 0 Å². The van der Waals surface area contributed by atoms with Crippen molar-refractivity contribution in [2.24, 2.45) is 0 Å². The number of allylic oxidation sites excluding steroid dienone is 6. The topological polar surface area (TPSA) is 214 Å². The Bertz CT molecular complexity index is 1350. The Morgan fingerprint density at radius 1 is 0.452 bits per heavy atom. The lowest BCUT2D eigenvalue weighted by Crippen LogP contribution is -2.61. The Labute approximate surface area is 442 Å². The molecule has 0 bridgehead atoms. The van der Waals surface area contributed by atoms with Gasteiger partial charge >= 0.3 is 5.97 Å². The summed E-state index contributed by atoms with van der Waals surface area (Å²) in [6.45, 7) is 3.69. The fraction of sp³-hybridized carbons (Fsp3) is 0.881. The van der Waals surface area contributed by atoms with E-state index in [0.29, 0.717) is 13.0 Å². The highest BCUT2D eigenvalue weighted by atomic mass is 16.7. The van der Waals surface area contributed by atoms with Crippen molar-refractivity contribution in [3.63, 3.8) is 0 Å². The zero-order valence-corrected chi connectivity index (χ0v) is 45.9. The van der Waals surface area contributed by atoms with Crippen LogP contribution in [-0.2, 0) is 33.2 Å². The zero-order chi connectivity index (χ0) is 53.0. The van der Waals surface area contributed by atoms with E-state index in [1.165, 1.54) is 154 Å². The van der Waals surface area contributed by atoms with Gasteiger partial charge in [0.1, 0.15) is 54.9 Å². The maximum Gasteiger partial charge on any atom is 0.306 e. The van der Waals surface area contributed by atoms with E-state index in [2.05, 4.69) is 50.3 Å². The van der Waals surface area contributed by atoms with E-state index in [1.54, 1.807) is 0 Å². The van der Waals surface area contributed by atoms with Crippen LogP contribution in [-0.4, -0.2) is 142 Å². The molecule has 0 aromatic rings. The minimum atomic E-state index is -1.71. The van der Waals surface area contributed by atoms with E-state index in [9.17, 15) is 40.5 Å². The van der Waals surface area contributed by atoms with Crippen LogP contribution >= 0.6 is 0 Å². The van der Waals surface area contributed by atoms with Gasteiger partial charge < -0.3 is 64.2 Å². The van der Waals surface area contributed by atoms with Crippen molar-refractivity contribution in [1.29, 1.82) is 0 Å². The Hall–Kier alpha value is -1.79. The SMILES string of the molecule is CCCCCCC/C=C\C/C=C\CCCCCCCCCCCCCC(=O)OC(COCCCCCCCC/C=C\CCCCCCCC)COC1OC(COC2OC(CO)C(O)C(O)C2O)C(O)C(O)C1O. The summed E-state index contributed by atoms with van der Waals surface area (Å²) >= 11 is 0. The highest BCUT2D eigenvalue weighted by Crippen LogP contribution is 2.27.